The quantitative estimate of drug-likeness (QED) is 0.326. The smallest absolute Gasteiger partial charge is 0.413 e. The summed E-state index contributed by atoms with van der Waals surface area (Å²) in [7, 11) is 0. The predicted octanol–water partition coefficient (Wildman–Crippen LogP) is 7.29. The lowest BCUT2D eigenvalue weighted by molar-refractivity contribution is -0.0557. The average molecular weight is 525 g/mol. The van der Waals surface area contributed by atoms with Crippen LogP contribution in [0.4, 0.5) is 4.79 Å². The number of amides is 1. The van der Waals surface area contributed by atoms with E-state index < -0.39 is 11.3 Å². The lowest BCUT2D eigenvalue weighted by Gasteiger charge is -2.37. The van der Waals surface area contributed by atoms with E-state index in [4.69, 9.17) is 9.47 Å². The average Bonchev–Trinajstić information content (AvgIpc) is 3.40. The van der Waals surface area contributed by atoms with Gasteiger partial charge in [-0.05, 0) is 62.8 Å². The van der Waals surface area contributed by atoms with Gasteiger partial charge in [-0.2, -0.15) is 0 Å². The first kappa shape index (κ1) is 27.2. The molecule has 204 valence electrons. The van der Waals surface area contributed by atoms with Crippen molar-refractivity contribution in [1.29, 1.82) is 0 Å². The van der Waals surface area contributed by atoms with E-state index in [1.54, 1.807) is 4.90 Å². The summed E-state index contributed by atoms with van der Waals surface area (Å²) < 4.78 is 12.3. The highest BCUT2D eigenvalue weighted by atomic mass is 16.6. The van der Waals surface area contributed by atoms with E-state index in [1.807, 2.05) is 33.8 Å². The fourth-order valence-corrected chi connectivity index (χ4v) is 6.07. The Morgan fingerprint density at radius 3 is 1.92 bits per heavy atom. The van der Waals surface area contributed by atoms with Crippen molar-refractivity contribution in [1.82, 2.24) is 9.80 Å². The van der Waals surface area contributed by atoms with E-state index in [1.165, 1.54) is 11.1 Å². The van der Waals surface area contributed by atoms with Crippen LogP contribution in [0.3, 0.4) is 0 Å². The van der Waals surface area contributed by atoms with Crippen molar-refractivity contribution in [2.45, 2.75) is 77.0 Å². The van der Waals surface area contributed by atoms with Gasteiger partial charge in [0.05, 0.1) is 12.1 Å². The molecule has 5 heteroatoms. The Hall–Kier alpha value is -3.41. The van der Waals surface area contributed by atoms with Crippen LogP contribution >= 0.6 is 0 Å². The van der Waals surface area contributed by atoms with E-state index in [-0.39, 0.29) is 18.2 Å². The molecule has 0 aromatic heterocycles. The van der Waals surface area contributed by atoms with E-state index in [2.05, 4.69) is 95.9 Å². The molecule has 0 bridgehead atoms. The molecule has 1 saturated carbocycles. The Bertz CT molecular complexity index is 1210. The molecule has 1 amide bonds. The molecule has 3 aromatic carbocycles. The van der Waals surface area contributed by atoms with Gasteiger partial charge in [-0.3, -0.25) is 9.80 Å². The van der Waals surface area contributed by atoms with Crippen LogP contribution < -0.4 is 0 Å². The molecule has 2 aliphatic rings. The van der Waals surface area contributed by atoms with Crippen LogP contribution in [-0.4, -0.2) is 45.9 Å². The summed E-state index contributed by atoms with van der Waals surface area (Å²) in [5.41, 5.74) is 3.65. The maximum atomic E-state index is 13.7. The molecule has 0 radical (unpaired) electrons. The second kappa shape index (κ2) is 11.4. The molecule has 3 aromatic rings. The zero-order valence-electron chi connectivity index (χ0n) is 23.5. The van der Waals surface area contributed by atoms with Gasteiger partial charge >= 0.3 is 6.09 Å². The zero-order chi connectivity index (χ0) is 27.5. The van der Waals surface area contributed by atoms with Gasteiger partial charge in [-0.25, -0.2) is 4.79 Å². The third kappa shape index (κ3) is 6.26. The number of rotatable bonds is 7. The summed E-state index contributed by atoms with van der Waals surface area (Å²) in [4.78, 5) is 18.0. The SMILES string of the molecule is CC1(C)COC(C)(C)N1C(=O)O[C@@H]1CC[C@@H](N(Cc2ccccc2)Cc2ccccc2)/C1=C\c1ccccc1. The van der Waals surface area contributed by atoms with Crippen molar-refractivity contribution in [3.05, 3.63) is 113 Å². The highest BCUT2D eigenvalue weighted by molar-refractivity contribution is 5.71. The molecule has 2 atom stereocenters. The minimum absolute atomic E-state index is 0.138. The molecule has 5 nitrogen and oxygen atoms in total. The Morgan fingerprint density at radius 2 is 1.41 bits per heavy atom. The van der Waals surface area contributed by atoms with Gasteiger partial charge in [0.25, 0.3) is 0 Å². The highest BCUT2D eigenvalue weighted by Crippen LogP contribution is 2.39. The number of hydrogen-bond acceptors (Lipinski definition) is 4. The summed E-state index contributed by atoms with van der Waals surface area (Å²) in [5.74, 6) is 0. The van der Waals surface area contributed by atoms with Crippen LogP contribution in [0, 0.1) is 0 Å². The first-order valence-corrected chi connectivity index (χ1v) is 14.0. The Labute approximate surface area is 233 Å². The summed E-state index contributed by atoms with van der Waals surface area (Å²) in [5, 5.41) is 0. The topological polar surface area (TPSA) is 42.0 Å². The van der Waals surface area contributed by atoms with Gasteiger partial charge in [0.1, 0.15) is 11.8 Å². The largest absolute Gasteiger partial charge is 0.441 e. The summed E-state index contributed by atoms with van der Waals surface area (Å²) in [6.07, 6.45) is 3.31. The monoisotopic (exact) mass is 524 g/mol. The Balaban J connectivity index is 1.47. The Morgan fingerprint density at radius 1 is 0.872 bits per heavy atom. The second-order valence-electron chi connectivity index (χ2n) is 11.8. The van der Waals surface area contributed by atoms with Crippen molar-refractivity contribution < 1.29 is 14.3 Å². The fraction of sp³-hybridized carbons (Fsp3) is 0.382. The number of ether oxygens (including phenoxy) is 2. The lowest BCUT2D eigenvalue weighted by Crippen LogP contribution is -2.53. The van der Waals surface area contributed by atoms with Crippen molar-refractivity contribution in [2.75, 3.05) is 6.61 Å². The van der Waals surface area contributed by atoms with Gasteiger partial charge in [0.2, 0.25) is 0 Å². The van der Waals surface area contributed by atoms with Crippen LogP contribution in [0.5, 0.6) is 0 Å². The molecule has 0 spiro atoms. The van der Waals surface area contributed by atoms with Crippen LogP contribution in [0.15, 0.2) is 96.6 Å². The van der Waals surface area contributed by atoms with Crippen molar-refractivity contribution in [2.24, 2.45) is 0 Å². The molecule has 1 aliphatic heterocycles. The third-order valence-electron chi connectivity index (χ3n) is 7.84. The number of carbonyl (C=O) groups excluding carboxylic acids is 1. The highest BCUT2D eigenvalue weighted by Gasteiger charge is 2.50. The molecule has 1 heterocycles. The van der Waals surface area contributed by atoms with Gasteiger partial charge in [0, 0.05) is 19.1 Å². The molecular formula is C34H40N2O3. The number of benzene rings is 3. The van der Waals surface area contributed by atoms with Gasteiger partial charge < -0.3 is 9.47 Å². The molecule has 0 N–H and O–H groups in total. The maximum absolute atomic E-state index is 13.7. The van der Waals surface area contributed by atoms with Crippen molar-refractivity contribution >= 4 is 12.2 Å². The van der Waals surface area contributed by atoms with E-state index in [0.29, 0.717) is 6.61 Å². The number of hydrogen-bond donors (Lipinski definition) is 0. The second-order valence-corrected chi connectivity index (χ2v) is 11.8. The molecule has 0 unspecified atom stereocenters. The lowest BCUT2D eigenvalue weighted by atomic mass is 10.0. The number of carbonyl (C=O) groups is 1. The van der Waals surface area contributed by atoms with Gasteiger partial charge in [-0.1, -0.05) is 97.1 Å². The van der Waals surface area contributed by atoms with Crippen LogP contribution in [0.25, 0.3) is 6.08 Å². The Kier molecular flexibility index (Phi) is 7.92. The van der Waals surface area contributed by atoms with Crippen molar-refractivity contribution in [3.8, 4) is 0 Å². The molecule has 2 fully saturated rings. The molecule has 5 rings (SSSR count). The minimum atomic E-state index is -0.714. The van der Waals surface area contributed by atoms with E-state index in [0.717, 1.165) is 37.1 Å². The summed E-state index contributed by atoms with van der Waals surface area (Å²) in [6.45, 7) is 10.0. The standard InChI is InChI=1S/C34H40N2O3/c1-33(2)25-38-34(3,4)36(33)32(37)39-31-21-20-30(29(31)22-26-14-8-5-9-15-26)35(23-27-16-10-6-11-17-27)24-28-18-12-7-13-19-28/h5-19,22,30-31H,20-21,23-25H2,1-4H3/b29-22+/t30-,31-/m1/s1. The van der Waals surface area contributed by atoms with E-state index in [9.17, 15) is 4.79 Å². The maximum Gasteiger partial charge on any atom is 0.413 e. The number of nitrogens with zero attached hydrogens (tertiary/aromatic N) is 2. The van der Waals surface area contributed by atoms with Gasteiger partial charge in [-0.15, -0.1) is 0 Å². The third-order valence-corrected chi connectivity index (χ3v) is 7.84. The first-order chi connectivity index (χ1) is 18.7. The van der Waals surface area contributed by atoms with Crippen LogP contribution in [0.1, 0.15) is 57.2 Å². The summed E-state index contributed by atoms with van der Waals surface area (Å²) in [6, 6.07) is 31.7. The van der Waals surface area contributed by atoms with Gasteiger partial charge in [0.15, 0.2) is 0 Å². The molecule has 39 heavy (non-hydrogen) atoms. The van der Waals surface area contributed by atoms with E-state index >= 15 is 0 Å². The normalized spacial score (nSPS) is 22.9. The molecule has 1 aliphatic carbocycles. The van der Waals surface area contributed by atoms with Crippen LogP contribution in [0.2, 0.25) is 0 Å². The van der Waals surface area contributed by atoms with Crippen LogP contribution in [-0.2, 0) is 22.6 Å². The van der Waals surface area contributed by atoms with Crippen molar-refractivity contribution in [3.63, 3.8) is 0 Å². The minimum Gasteiger partial charge on any atom is -0.441 e. The molecular weight excluding hydrogens is 484 g/mol. The predicted molar refractivity (Wildman–Crippen MR) is 156 cm³/mol. The summed E-state index contributed by atoms with van der Waals surface area (Å²) >= 11 is 0. The molecule has 1 saturated heterocycles. The zero-order valence-corrected chi connectivity index (χ0v) is 23.5. The first-order valence-electron chi connectivity index (χ1n) is 14.0. The fourth-order valence-electron chi connectivity index (χ4n) is 6.07.